The second-order valence-electron chi connectivity index (χ2n) is 3.16. The van der Waals surface area contributed by atoms with Gasteiger partial charge in [0.05, 0.1) is 5.69 Å². The minimum Gasteiger partial charge on any atom is -0.273 e. The van der Waals surface area contributed by atoms with E-state index in [1.807, 2.05) is 0 Å². The van der Waals surface area contributed by atoms with Gasteiger partial charge in [-0.05, 0) is 25.2 Å². The van der Waals surface area contributed by atoms with Gasteiger partial charge in [-0.3, -0.25) is 14.7 Å². The predicted molar refractivity (Wildman–Crippen MR) is 55.7 cm³/mol. The maximum atomic E-state index is 11.7. The zero-order valence-corrected chi connectivity index (χ0v) is 8.96. The van der Waals surface area contributed by atoms with Crippen molar-refractivity contribution in [1.82, 2.24) is 19.4 Å². The molecule has 0 fully saturated rings. The Bertz CT molecular complexity index is 663. The molecule has 0 atom stereocenters. The molecular formula is C8H8N4O2S. The maximum absolute atomic E-state index is 11.7. The Morgan fingerprint density at radius 1 is 1.60 bits per heavy atom. The van der Waals surface area contributed by atoms with Crippen molar-refractivity contribution >= 4 is 23.6 Å². The van der Waals surface area contributed by atoms with Crippen LogP contribution in [0.25, 0.3) is 5.52 Å². The molecule has 7 heteroatoms. The molecule has 0 aliphatic carbocycles. The van der Waals surface area contributed by atoms with Crippen LogP contribution in [0.2, 0.25) is 0 Å². The Morgan fingerprint density at radius 3 is 2.87 bits per heavy atom. The summed E-state index contributed by atoms with van der Waals surface area (Å²) in [7, 11) is 0. The van der Waals surface area contributed by atoms with Crippen LogP contribution in [0.15, 0.2) is 10.9 Å². The first-order valence-electron chi connectivity index (χ1n) is 4.23. The molecule has 6 nitrogen and oxygen atoms in total. The second kappa shape index (κ2) is 3.13. The molecule has 0 saturated carbocycles. The first-order chi connectivity index (χ1) is 7.00. The third-order valence-corrected chi connectivity index (χ3v) is 2.23. The molecule has 0 aromatic carbocycles. The molecule has 2 rings (SSSR count). The van der Waals surface area contributed by atoms with E-state index >= 15 is 0 Å². The summed E-state index contributed by atoms with van der Waals surface area (Å²) in [6.45, 7) is 3.03. The molecule has 15 heavy (non-hydrogen) atoms. The van der Waals surface area contributed by atoms with E-state index in [1.165, 1.54) is 11.4 Å². The molecule has 2 aromatic rings. The van der Waals surface area contributed by atoms with Gasteiger partial charge >= 0.3 is 0 Å². The van der Waals surface area contributed by atoms with E-state index in [-0.39, 0.29) is 4.77 Å². The monoisotopic (exact) mass is 224 g/mol. The highest BCUT2D eigenvalue weighted by atomic mass is 32.1. The van der Waals surface area contributed by atoms with Gasteiger partial charge in [0.15, 0.2) is 0 Å². The first-order valence-corrected chi connectivity index (χ1v) is 4.64. The summed E-state index contributed by atoms with van der Waals surface area (Å²) >= 11 is 4.97. The summed E-state index contributed by atoms with van der Waals surface area (Å²) in [5.41, 5.74) is 0.524. The Labute approximate surface area is 89.1 Å². The molecule has 78 valence electrons. The van der Waals surface area contributed by atoms with Gasteiger partial charge in [0.2, 0.25) is 10.7 Å². The molecule has 0 radical (unpaired) electrons. The van der Waals surface area contributed by atoms with E-state index in [0.29, 0.717) is 11.2 Å². The molecule has 0 bridgehead atoms. The minimum absolute atomic E-state index is 0.216. The maximum Gasteiger partial charge on any atom is 0.298 e. The summed E-state index contributed by atoms with van der Waals surface area (Å²) in [6, 6.07) is 1.59. The van der Waals surface area contributed by atoms with Gasteiger partial charge in [-0.1, -0.05) is 0 Å². The highest BCUT2D eigenvalue weighted by Gasteiger charge is 2.09. The molecule has 2 aromatic heterocycles. The lowest BCUT2D eigenvalue weighted by atomic mass is 10.4. The molecule has 0 spiro atoms. The fourth-order valence-corrected chi connectivity index (χ4v) is 1.57. The fraction of sp³-hybridized carbons (Fsp3) is 0.250. The summed E-state index contributed by atoms with van der Waals surface area (Å²) in [4.78, 5) is 22.9. The van der Waals surface area contributed by atoms with Gasteiger partial charge < -0.3 is 0 Å². The van der Waals surface area contributed by atoms with Gasteiger partial charge in [0.25, 0.3) is 5.56 Å². The lowest BCUT2D eigenvalue weighted by Gasteiger charge is -2.00. The molecule has 2 heterocycles. The molecule has 0 aliphatic rings. The number of nitrogens with zero attached hydrogens (tertiary/aromatic N) is 3. The van der Waals surface area contributed by atoms with E-state index in [9.17, 15) is 9.59 Å². The molecule has 0 aliphatic heterocycles. The average Bonchev–Trinajstić information content (AvgIpc) is 2.53. The molecule has 0 saturated heterocycles. The number of H-pyrrole nitrogens is 1. The van der Waals surface area contributed by atoms with Crippen molar-refractivity contribution in [1.29, 1.82) is 0 Å². The van der Waals surface area contributed by atoms with E-state index < -0.39 is 11.5 Å². The van der Waals surface area contributed by atoms with Gasteiger partial charge in [-0.2, -0.15) is 9.78 Å². The zero-order chi connectivity index (χ0) is 11.2. The fourth-order valence-electron chi connectivity index (χ4n) is 1.34. The highest BCUT2D eigenvalue weighted by molar-refractivity contribution is 7.71. The third kappa shape index (κ3) is 1.40. The van der Waals surface area contributed by atoms with Crippen molar-refractivity contribution in [2.75, 3.05) is 0 Å². The number of nitrogens with one attached hydrogen (secondary N) is 1. The number of hydrogen-bond donors (Lipinski definition) is 1. The number of fused-ring (bicyclic) bond motifs is 1. The Balaban J connectivity index is 3.03. The van der Waals surface area contributed by atoms with Crippen LogP contribution >= 0.6 is 12.2 Å². The van der Waals surface area contributed by atoms with Crippen molar-refractivity contribution in [2.24, 2.45) is 0 Å². The molecular weight excluding hydrogens is 216 g/mol. The number of aromatic amines is 1. The topological polar surface area (TPSA) is 72.2 Å². The SMILES string of the molecule is CC(=O)n1[nH]c(=S)n2nc(C)cc2c1=O. The van der Waals surface area contributed by atoms with Crippen LogP contribution < -0.4 is 5.56 Å². The predicted octanol–water partition coefficient (Wildman–Crippen LogP) is 0.522. The van der Waals surface area contributed by atoms with Crippen LogP contribution in [-0.4, -0.2) is 25.3 Å². The normalized spacial score (nSPS) is 10.8. The number of carbonyl (C=O) groups excluding carboxylic acids is 1. The van der Waals surface area contributed by atoms with Crippen LogP contribution in [0.3, 0.4) is 0 Å². The van der Waals surface area contributed by atoms with Crippen LogP contribution in [0, 0.1) is 11.7 Å². The largest absolute Gasteiger partial charge is 0.298 e. The Hall–Kier alpha value is -1.76. The molecule has 1 N–H and O–H groups in total. The summed E-state index contributed by atoms with van der Waals surface area (Å²) in [5.74, 6) is -0.410. The van der Waals surface area contributed by atoms with Crippen molar-refractivity contribution in [3.05, 3.63) is 26.9 Å². The van der Waals surface area contributed by atoms with E-state index in [2.05, 4.69) is 10.2 Å². The average molecular weight is 224 g/mol. The smallest absolute Gasteiger partial charge is 0.273 e. The Kier molecular flexibility index (Phi) is 2.04. The number of rotatable bonds is 0. The summed E-state index contributed by atoms with van der Waals surface area (Å²) in [5, 5.41) is 6.53. The highest BCUT2D eigenvalue weighted by Crippen LogP contribution is 1.99. The van der Waals surface area contributed by atoms with E-state index in [1.54, 1.807) is 13.0 Å². The molecule has 0 amide bonds. The quantitative estimate of drug-likeness (QED) is 0.662. The van der Waals surface area contributed by atoms with Crippen LogP contribution in [-0.2, 0) is 0 Å². The number of hydrogen-bond acceptors (Lipinski definition) is 4. The van der Waals surface area contributed by atoms with Gasteiger partial charge in [0.1, 0.15) is 5.52 Å². The number of carbonyl (C=O) groups is 1. The van der Waals surface area contributed by atoms with Crippen molar-refractivity contribution in [3.63, 3.8) is 0 Å². The number of aromatic nitrogens is 4. The van der Waals surface area contributed by atoms with Crippen LogP contribution in [0.5, 0.6) is 0 Å². The van der Waals surface area contributed by atoms with Gasteiger partial charge in [0, 0.05) is 6.92 Å². The van der Waals surface area contributed by atoms with Crippen LogP contribution in [0.1, 0.15) is 17.4 Å². The van der Waals surface area contributed by atoms with Crippen molar-refractivity contribution < 1.29 is 4.79 Å². The van der Waals surface area contributed by atoms with E-state index in [0.717, 1.165) is 4.68 Å². The van der Waals surface area contributed by atoms with Crippen molar-refractivity contribution in [2.45, 2.75) is 13.8 Å². The standard InChI is InChI=1S/C8H8N4O2S/c1-4-3-6-7(14)11(5(2)13)10-8(15)12(6)9-4/h3H,1-2H3,(H,10,15). The van der Waals surface area contributed by atoms with Gasteiger partial charge in [-0.15, -0.1) is 0 Å². The Morgan fingerprint density at radius 2 is 2.27 bits per heavy atom. The van der Waals surface area contributed by atoms with Crippen molar-refractivity contribution in [3.8, 4) is 0 Å². The van der Waals surface area contributed by atoms with Gasteiger partial charge in [-0.25, -0.2) is 4.52 Å². The lowest BCUT2D eigenvalue weighted by molar-refractivity contribution is 0.0914. The first kappa shape index (κ1) is 9.78. The second-order valence-corrected chi connectivity index (χ2v) is 3.55. The summed E-state index contributed by atoms with van der Waals surface area (Å²) < 4.78 is 2.40. The van der Waals surface area contributed by atoms with E-state index in [4.69, 9.17) is 12.2 Å². The minimum atomic E-state index is -0.447. The lowest BCUT2D eigenvalue weighted by Crippen LogP contribution is -2.29. The zero-order valence-electron chi connectivity index (χ0n) is 8.14. The number of aryl methyl sites for hydroxylation is 1. The molecule has 0 unspecified atom stereocenters. The van der Waals surface area contributed by atoms with Crippen LogP contribution in [0.4, 0.5) is 0 Å². The third-order valence-electron chi connectivity index (χ3n) is 1.97. The summed E-state index contributed by atoms with van der Waals surface area (Å²) in [6.07, 6.45) is 0.